The van der Waals surface area contributed by atoms with E-state index in [0.717, 1.165) is 49.2 Å². The molecule has 2 saturated carbocycles. The minimum atomic E-state index is -0.626. The van der Waals surface area contributed by atoms with E-state index in [0.29, 0.717) is 24.2 Å². The van der Waals surface area contributed by atoms with Crippen LogP contribution >= 0.6 is 11.3 Å². The van der Waals surface area contributed by atoms with Gasteiger partial charge < -0.3 is 5.11 Å². The van der Waals surface area contributed by atoms with Crippen molar-refractivity contribution in [2.24, 2.45) is 17.3 Å². The van der Waals surface area contributed by atoms with Gasteiger partial charge in [-0.3, -0.25) is 4.79 Å². The third-order valence-corrected chi connectivity index (χ3v) is 10.5. The Morgan fingerprint density at radius 3 is 2.63 bits per heavy atom. The Labute approximate surface area is 212 Å². The topological polar surface area (TPSA) is 50.2 Å². The van der Waals surface area contributed by atoms with Crippen LogP contribution < -0.4 is 0 Å². The highest BCUT2D eigenvalue weighted by Crippen LogP contribution is 2.66. The smallest absolute Gasteiger partial charge is 0.156 e. The molecule has 1 aromatic heterocycles. The van der Waals surface area contributed by atoms with E-state index in [1.54, 1.807) is 16.9 Å². The maximum absolute atomic E-state index is 12.2. The lowest BCUT2D eigenvalue weighted by Gasteiger charge is -2.54. The van der Waals surface area contributed by atoms with Crippen molar-refractivity contribution in [2.45, 2.75) is 77.2 Å². The van der Waals surface area contributed by atoms with E-state index >= 15 is 0 Å². The summed E-state index contributed by atoms with van der Waals surface area (Å²) in [6, 6.07) is 9.02. The van der Waals surface area contributed by atoms with Crippen LogP contribution in [0.15, 0.2) is 52.4 Å². The fourth-order valence-corrected chi connectivity index (χ4v) is 8.24. The quantitative estimate of drug-likeness (QED) is 0.497. The van der Waals surface area contributed by atoms with Gasteiger partial charge in [0.2, 0.25) is 0 Å². The Kier molecular flexibility index (Phi) is 5.54. The summed E-state index contributed by atoms with van der Waals surface area (Å²) in [5.74, 6) is 1.63. The van der Waals surface area contributed by atoms with Gasteiger partial charge in [0.05, 0.1) is 16.3 Å². The zero-order valence-corrected chi connectivity index (χ0v) is 21.8. The molecule has 6 rings (SSSR count). The highest BCUT2D eigenvalue weighted by atomic mass is 32.1. The summed E-state index contributed by atoms with van der Waals surface area (Å²) in [6.45, 7) is 6.45. The van der Waals surface area contributed by atoms with Crippen molar-refractivity contribution in [3.8, 4) is 0 Å². The van der Waals surface area contributed by atoms with Gasteiger partial charge in [-0.15, -0.1) is 11.3 Å². The van der Waals surface area contributed by atoms with Gasteiger partial charge in [0.25, 0.3) is 0 Å². The lowest BCUT2D eigenvalue weighted by Crippen LogP contribution is -2.50. The Bertz CT molecular complexity index is 1260. The molecule has 4 aliphatic carbocycles. The molecule has 182 valence electrons. The number of nitrogens with zero attached hydrogens (tertiary/aromatic N) is 1. The van der Waals surface area contributed by atoms with Crippen LogP contribution in [0.5, 0.6) is 0 Å². The summed E-state index contributed by atoms with van der Waals surface area (Å²) < 4.78 is 0. The average Bonchev–Trinajstić information content (AvgIpc) is 3.36. The van der Waals surface area contributed by atoms with E-state index in [2.05, 4.69) is 60.6 Å². The number of rotatable bonds is 3. The summed E-state index contributed by atoms with van der Waals surface area (Å²) in [7, 11) is 0. The van der Waals surface area contributed by atoms with Crippen LogP contribution in [0.25, 0.3) is 12.2 Å². The first-order valence-electron chi connectivity index (χ1n) is 13.1. The molecule has 0 spiro atoms. The third-order valence-electron chi connectivity index (χ3n) is 9.72. The van der Waals surface area contributed by atoms with Crippen LogP contribution in [0.4, 0.5) is 0 Å². The largest absolute Gasteiger partial charge is 0.390 e. The van der Waals surface area contributed by atoms with Crippen molar-refractivity contribution in [1.29, 1.82) is 0 Å². The molecule has 0 amide bonds. The van der Waals surface area contributed by atoms with Gasteiger partial charge in [-0.25, -0.2) is 4.98 Å². The number of carbonyl (C=O) groups is 1. The van der Waals surface area contributed by atoms with E-state index in [-0.39, 0.29) is 11.2 Å². The molecule has 0 aliphatic heterocycles. The van der Waals surface area contributed by atoms with Crippen molar-refractivity contribution in [3.63, 3.8) is 0 Å². The fourth-order valence-electron chi connectivity index (χ4n) is 7.66. The number of thiazole rings is 1. The fraction of sp³-hybridized carbons (Fsp3) is 0.484. The number of aromatic nitrogens is 1. The molecule has 1 aromatic carbocycles. The molecular weight excluding hydrogens is 450 g/mol. The zero-order valence-electron chi connectivity index (χ0n) is 21.0. The van der Waals surface area contributed by atoms with Crippen molar-refractivity contribution in [2.75, 3.05) is 0 Å². The average molecular weight is 486 g/mol. The second-order valence-electron chi connectivity index (χ2n) is 11.6. The highest BCUT2D eigenvalue weighted by Gasteiger charge is 2.60. The van der Waals surface area contributed by atoms with Gasteiger partial charge in [0, 0.05) is 23.1 Å². The number of hydrogen-bond donors (Lipinski definition) is 1. The van der Waals surface area contributed by atoms with Gasteiger partial charge in [0.1, 0.15) is 0 Å². The molecule has 5 atom stereocenters. The van der Waals surface area contributed by atoms with Crippen LogP contribution in [-0.4, -0.2) is 21.5 Å². The monoisotopic (exact) mass is 485 g/mol. The molecule has 2 unspecified atom stereocenters. The molecular formula is C31H35NO2S. The molecule has 1 heterocycles. The van der Waals surface area contributed by atoms with Crippen molar-refractivity contribution >= 4 is 29.3 Å². The van der Waals surface area contributed by atoms with E-state index in [1.807, 2.05) is 13.0 Å². The summed E-state index contributed by atoms with van der Waals surface area (Å²) in [4.78, 5) is 16.7. The number of fused-ring (bicyclic) bond motifs is 4. The lowest BCUT2D eigenvalue weighted by molar-refractivity contribution is -0.114. The van der Waals surface area contributed by atoms with Gasteiger partial charge in [-0.1, -0.05) is 42.8 Å². The Hall–Kier alpha value is -2.30. The standard InChI is InChI=1S/C31H35NO2S/c1-19-32-23(18-35-19)10-6-20-4-7-21(8-5-20)27-17-30(2)28(14-15-31(30,3)34)26-12-9-22-16-24(33)11-13-25(22)29(26)27/h4-8,10,16,18,26-28,34H,9,11-15,17H2,1-3H3/b10-6+/t26?,27-,28?,30+,31+/m1/s1. The molecule has 4 aliphatic rings. The minimum Gasteiger partial charge on any atom is -0.390 e. The van der Waals surface area contributed by atoms with Gasteiger partial charge in [-0.05, 0) is 98.6 Å². The molecule has 3 nitrogen and oxygen atoms in total. The van der Waals surface area contributed by atoms with Crippen LogP contribution in [-0.2, 0) is 4.79 Å². The summed E-state index contributed by atoms with van der Waals surface area (Å²) in [5.41, 5.74) is 7.18. The highest BCUT2D eigenvalue weighted by molar-refractivity contribution is 7.09. The van der Waals surface area contributed by atoms with E-state index in [1.165, 1.54) is 22.3 Å². The first kappa shape index (κ1) is 23.1. The maximum Gasteiger partial charge on any atom is 0.156 e. The van der Waals surface area contributed by atoms with E-state index in [4.69, 9.17) is 0 Å². The maximum atomic E-state index is 12.2. The van der Waals surface area contributed by atoms with E-state index < -0.39 is 5.60 Å². The molecule has 0 saturated heterocycles. The predicted molar refractivity (Wildman–Crippen MR) is 143 cm³/mol. The number of hydrogen-bond acceptors (Lipinski definition) is 4. The van der Waals surface area contributed by atoms with Crippen LogP contribution in [0.3, 0.4) is 0 Å². The van der Waals surface area contributed by atoms with Crippen LogP contribution in [0.1, 0.15) is 86.5 Å². The van der Waals surface area contributed by atoms with Crippen molar-refractivity contribution in [3.05, 3.63) is 74.3 Å². The Balaban J connectivity index is 1.39. The Morgan fingerprint density at radius 1 is 1.09 bits per heavy atom. The molecule has 35 heavy (non-hydrogen) atoms. The van der Waals surface area contributed by atoms with Gasteiger partial charge in [0.15, 0.2) is 5.78 Å². The first-order valence-corrected chi connectivity index (χ1v) is 14.0. The number of ketones is 1. The molecule has 0 bridgehead atoms. The minimum absolute atomic E-state index is 0.0842. The number of aryl methyl sites for hydroxylation is 1. The van der Waals surface area contributed by atoms with E-state index in [9.17, 15) is 9.90 Å². The summed E-state index contributed by atoms with van der Waals surface area (Å²) in [6.07, 6.45) is 12.8. The summed E-state index contributed by atoms with van der Waals surface area (Å²) in [5, 5.41) is 14.7. The Morgan fingerprint density at radius 2 is 1.89 bits per heavy atom. The molecule has 2 fully saturated rings. The number of carbonyl (C=O) groups excluding carboxylic acids is 1. The lowest BCUT2D eigenvalue weighted by atomic mass is 9.51. The van der Waals surface area contributed by atoms with Crippen molar-refractivity contribution < 1.29 is 9.90 Å². The molecule has 0 radical (unpaired) electrons. The first-order chi connectivity index (χ1) is 16.7. The molecule has 1 N–H and O–H groups in total. The normalized spacial score (nSPS) is 34.6. The second-order valence-corrected chi connectivity index (χ2v) is 12.7. The molecule has 2 aromatic rings. The molecule has 4 heteroatoms. The third kappa shape index (κ3) is 3.81. The number of benzene rings is 1. The van der Waals surface area contributed by atoms with Crippen molar-refractivity contribution in [1.82, 2.24) is 4.98 Å². The number of aliphatic hydroxyl groups is 1. The predicted octanol–water partition coefficient (Wildman–Crippen LogP) is 7.27. The van der Waals surface area contributed by atoms with Crippen LogP contribution in [0, 0.1) is 24.2 Å². The number of allylic oxidation sites excluding steroid dienone is 4. The SMILES string of the molecule is Cc1nc(/C=C/c2ccc([C@H]3C[C@@]4(C)C(CC[C@]4(C)O)C4CCC5=CC(=O)CCC5=C43)cc2)cs1. The van der Waals surface area contributed by atoms with Gasteiger partial charge >= 0.3 is 0 Å². The van der Waals surface area contributed by atoms with Gasteiger partial charge in [-0.2, -0.15) is 0 Å². The van der Waals surface area contributed by atoms with Crippen LogP contribution in [0.2, 0.25) is 0 Å². The zero-order chi connectivity index (χ0) is 24.4. The second kappa shape index (κ2) is 8.38. The summed E-state index contributed by atoms with van der Waals surface area (Å²) >= 11 is 1.67.